The van der Waals surface area contributed by atoms with E-state index in [0.717, 1.165) is 0 Å². The number of urea groups is 1. The highest BCUT2D eigenvalue weighted by atomic mass is 16.5. The number of esters is 1. The lowest BCUT2D eigenvalue weighted by atomic mass is 10.1. The molecule has 0 bridgehead atoms. The summed E-state index contributed by atoms with van der Waals surface area (Å²) in [4.78, 5) is 35.4. The fourth-order valence-electron chi connectivity index (χ4n) is 1.60. The Labute approximate surface area is 112 Å². The molecule has 0 radical (unpaired) electrons. The molecule has 0 aliphatic rings. The van der Waals surface area contributed by atoms with E-state index in [1.807, 2.05) is 20.8 Å². The van der Waals surface area contributed by atoms with E-state index in [0.29, 0.717) is 6.54 Å². The van der Waals surface area contributed by atoms with Crippen molar-refractivity contribution in [2.45, 2.75) is 45.7 Å². The van der Waals surface area contributed by atoms with Crippen LogP contribution in [0.1, 0.15) is 33.6 Å². The minimum absolute atomic E-state index is 0.00337. The maximum atomic E-state index is 11.9. The van der Waals surface area contributed by atoms with Crippen molar-refractivity contribution in [2.24, 2.45) is 0 Å². The number of carbonyl (C=O) groups is 3. The van der Waals surface area contributed by atoms with Gasteiger partial charge in [0.2, 0.25) is 0 Å². The van der Waals surface area contributed by atoms with Gasteiger partial charge in [-0.1, -0.05) is 0 Å². The van der Waals surface area contributed by atoms with Gasteiger partial charge in [0, 0.05) is 19.0 Å². The summed E-state index contributed by atoms with van der Waals surface area (Å²) in [7, 11) is 1.23. The van der Waals surface area contributed by atoms with E-state index in [1.165, 1.54) is 12.0 Å². The van der Waals surface area contributed by atoms with Gasteiger partial charge in [-0.2, -0.15) is 0 Å². The zero-order valence-electron chi connectivity index (χ0n) is 11.8. The van der Waals surface area contributed by atoms with Crippen LogP contribution in [0.25, 0.3) is 0 Å². The molecule has 7 heteroatoms. The van der Waals surface area contributed by atoms with Gasteiger partial charge in [0.05, 0.1) is 7.11 Å². The Kier molecular flexibility index (Phi) is 7.55. The minimum atomic E-state index is -1.17. The zero-order chi connectivity index (χ0) is 15.0. The highest BCUT2D eigenvalue weighted by molar-refractivity contribution is 5.83. The van der Waals surface area contributed by atoms with Crippen LogP contribution in [0.5, 0.6) is 0 Å². The van der Waals surface area contributed by atoms with Crippen molar-refractivity contribution in [2.75, 3.05) is 13.7 Å². The van der Waals surface area contributed by atoms with E-state index in [9.17, 15) is 14.4 Å². The maximum Gasteiger partial charge on any atom is 0.326 e. The van der Waals surface area contributed by atoms with Crippen LogP contribution in [-0.4, -0.2) is 53.7 Å². The van der Waals surface area contributed by atoms with Gasteiger partial charge in [0.25, 0.3) is 0 Å². The molecule has 0 aliphatic carbocycles. The van der Waals surface area contributed by atoms with Gasteiger partial charge in [-0.3, -0.25) is 4.79 Å². The number of methoxy groups -OCH3 is 1. The predicted octanol–water partition coefficient (Wildman–Crippen LogP) is 0.833. The van der Waals surface area contributed by atoms with Gasteiger partial charge >= 0.3 is 18.0 Å². The quantitative estimate of drug-likeness (QED) is 0.670. The number of ether oxygens (including phenoxy) is 1. The number of carboxylic acid groups (broad SMARTS) is 1. The summed E-state index contributed by atoms with van der Waals surface area (Å²) in [6.45, 7) is 5.97. The Morgan fingerprint density at radius 2 is 1.89 bits per heavy atom. The first-order valence-electron chi connectivity index (χ1n) is 6.20. The Morgan fingerprint density at radius 3 is 2.26 bits per heavy atom. The molecule has 0 aromatic rings. The molecule has 0 fully saturated rings. The van der Waals surface area contributed by atoms with Crippen molar-refractivity contribution in [3.63, 3.8) is 0 Å². The van der Waals surface area contributed by atoms with Gasteiger partial charge in [-0.15, -0.1) is 0 Å². The molecule has 0 spiro atoms. The fourth-order valence-corrected chi connectivity index (χ4v) is 1.60. The Morgan fingerprint density at radius 1 is 1.32 bits per heavy atom. The molecule has 0 unspecified atom stereocenters. The fraction of sp³-hybridized carbons (Fsp3) is 0.750. The standard InChI is InChI=1S/C12H22N2O5/c1-5-14(8(2)3)12(18)13-9(11(16)17)6-7-10(15)19-4/h8-9H,5-7H2,1-4H3,(H,13,18)(H,16,17)/t9-/m0/s1. The number of aliphatic carboxylic acids is 1. The third-order valence-corrected chi connectivity index (χ3v) is 2.69. The molecule has 2 amide bonds. The maximum absolute atomic E-state index is 11.9. The molecule has 1 atom stereocenters. The average molecular weight is 274 g/mol. The third kappa shape index (κ3) is 6.08. The van der Waals surface area contributed by atoms with Gasteiger partial charge < -0.3 is 20.1 Å². The second-order valence-electron chi connectivity index (χ2n) is 4.33. The smallest absolute Gasteiger partial charge is 0.326 e. The van der Waals surface area contributed by atoms with Gasteiger partial charge in [0.15, 0.2) is 0 Å². The zero-order valence-corrected chi connectivity index (χ0v) is 11.8. The number of nitrogens with zero attached hydrogens (tertiary/aromatic N) is 1. The minimum Gasteiger partial charge on any atom is -0.480 e. The van der Waals surface area contributed by atoms with Crippen LogP contribution in [0.4, 0.5) is 4.79 Å². The van der Waals surface area contributed by atoms with Crippen molar-refractivity contribution < 1.29 is 24.2 Å². The number of amides is 2. The van der Waals surface area contributed by atoms with Crippen LogP contribution in [-0.2, 0) is 14.3 Å². The summed E-state index contributed by atoms with van der Waals surface area (Å²) in [6, 6.07) is -1.57. The van der Waals surface area contributed by atoms with E-state index in [1.54, 1.807) is 0 Å². The van der Waals surface area contributed by atoms with E-state index in [2.05, 4.69) is 10.1 Å². The number of carboxylic acids is 1. The topological polar surface area (TPSA) is 95.9 Å². The highest BCUT2D eigenvalue weighted by Crippen LogP contribution is 2.03. The summed E-state index contributed by atoms with van der Waals surface area (Å²) < 4.78 is 4.44. The Bertz CT molecular complexity index is 330. The van der Waals surface area contributed by atoms with Crippen LogP contribution in [0.3, 0.4) is 0 Å². The van der Waals surface area contributed by atoms with Crippen LogP contribution in [0.2, 0.25) is 0 Å². The molecular formula is C12H22N2O5. The second-order valence-corrected chi connectivity index (χ2v) is 4.33. The summed E-state index contributed by atoms with van der Waals surface area (Å²) in [5.41, 5.74) is 0. The molecule has 0 aromatic heterocycles. The van der Waals surface area contributed by atoms with Crippen LogP contribution < -0.4 is 5.32 Å². The summed E-state index contributed by atoms with van der Waals surface area (Å²) in [5, 5.41) is 11.4. The molecule has 110 valence electrons. The Hall–Kier alpha value is -1.79. The van der Waals surface area contributed by atoms with Gasteiger partial charge in [0.1, 0.15) is 6.04 Å². The summed E-state index contributed by atoms with van der Waals surface area (Å²) in [5.74, 6) is -1.67. The molecule has 0 aromatic carbocycles. The first kappa shape index (κ1) is 17.2. The molecule has 0 saturated heterocycles. The molecule has 7 nitrogen and oxygen atoms in total. The van der Waals surface area contributed by atoms with Crippen molar-refractivity contribution >= 4 is 18.0 Å². The lowest BCUT2D eigenvalue weighted by Crippen LogP contribution is -2.50. The lowest BCUT2D eigenvalue weighted by molar-refractivity contribution is -0.142. The lowest BCUT2D eigenvalue weighted by Gasteiger charge is -2.27. The predicted molar refractivity (Wildman–Crippen MR) is 68.7 cm³/mol. The SMILES string of the molecule is CCN(C(=O)N[C@@H](CCC(=O)OC)C(=O)O)C(C)C. The largest absolute Gasteiger partial charge is 0.480 e. The van der Waals surface area contributed by atoms with Gasteiger partial charge in [-0.05, 0) is 27.2 Å². The van der Waals surface area contributed by atoms with E-state index in [4.69, 9.17) is 5.11 Å². The molecule has 0 rings (SSSR count). The molecule has 0 saturated carbocycles. The number of nitrogens with one attached hydrogen (secondary N) is 1. The summed E-state index contributed by atoms with van der Waals surface area (Å²) >= 11 is 0. The van der Waals surface area contributed by atoms with Crippen molar-refractivity contribution in [3.8, 4) is 0 Å². The third-order valence-electron chi connectivity index (χ3n) is 2.69. The van der Waals surface area contributed by atoms with Gasteiger partial charge in [-0.25, -0.2) is 9.59 Å². The van der Waals surface area contributed by atoms with E-state index >= 15 is 0 Å². The van der Waals surface area contributed by atoms with E-state index < -0.39 is 24.0 Å². The first-order chi connectivity index (χ1) is 8.83. The summed E-state index contributed by atoms with van der Waals surface area (Å²) in [6.07, 6.45) is -0.0506. The number of carbonyl (C=O) groups excluding carboxylic acids is 2. The van der Waals surface area contributed by atoms with Crippen LogP contribution in [0, 0.1) is 0 Å². The van der Waals surface area contributed by atoms with Crippen LogP contribution in [0.15, 0.2) is 0 Å². The Balaban J connectivity index is 4.53. The molecule has 0 aliphatic heterocycles. The normalized spacial score (nSPS) is 11.8. The van der Waals surface area contributed by atoms with Crippen LogP contribution >= 0.6 is 0 Å². The molecular weight excluding hydrogens is 252 g/mol. The monoisotopic (exact) mass is 274 g/mol. The van der Waals surface area contributed by atoms with Crippen molar-refractivity contribution in [1.82, 2.24) is 10.2 Å². The first-order valence-corrected chi connectivity index (χ1v) is 6.20. The molecule has 2 N–H and O–H groups in total. The van der Waals surface area contributed by atoms with Crippen molar-refractivity contribution in [1.29, 1.82) is 0 Å². The average Bonchev–Trinajstić information content (AvgIpc) is 2.33. The van der Waals surface area contributed by atoms with E-state index in [-0.39, 0.29) is 18.9 Å². The molecule has 19 heavy (non-hydrogen) atoms. The number of hydrogen-bond acceptors (Lipinski definition) is 4. The highest BCUT2D eigenvalue weighted by Gasteiger charge is 2.24. The number of rotatable bonds is 7. The second kappa shape index (κ2) is 8.34. The number of hydrogen-bond donors (Lipinski definition) is 2. The molecule has 0 heterocycles. The van der Waals surface area contributed by atoms with Crippen molar-refractivity contribution in [3.05, 3.63) is 0 Å².